The summed E-state index contributed by atoms with van der Waals surface area (Å²) in [7, 11) is 0.171. The third kappa shape index (κ3) is 6.36. The Hall–Kier alpha value is -0.113. The van der Waals surface area contributed by atoms with Crippen LogP contribution in [0.5, 0.6) is 0 Å². The molecule has 0 unspecified atom stereocenters. The van der Waals surface area contributed by atoms with E-state index >= 15 is 0 Å². The molecule has 0 aliphatic heterocycles. The van der Waals surface area contributed by atoms with Gasteiger partial charge in [0.15, 0.2) is 0 Å². The molecule has 86 valence electrons. The van der Waals surface area contributed by atoms with Gasteiger partial charge in [-0.05, 0) is 6.42 Å². The van der Waals surface area contributed by atoms with Crippen LogP contribution in [0.25, 0.3) is 0 Å². The van der Waals surface area contributed by atoms with Crippen molar-refractivity contribution in [2.45, 2.75) is 25.6 Å². The number of hydrogen-bond donors (Lipinski definition) is 0. The third-order valence-electron chi connectivity index (χ3n) is 1.71. The largest absolute Gasteiger partial charge is 0.497 e. The molecule has 3 nitrogen and oxygen atoms in total. The Balaban J connectivity index is 3.63. The molecule has 0 saturated heterocycles. The maximum absolute atomic E-state index is 11.7. The summed E-state index contributed by atoms with van der Waals surface area (Å²) in [4.78, 5) is 0. The molecule has 0 atom stereocenters. The molecule has 14 heavy (non-hydrogen) atoms. The Morgan fingerprint density at radius 3 is 2.00 bits per heavy atom. The smallest absolute Gasteiger partial charge is 0.377 e. The molecule has 0 bridgehead atoms. The minimum absolute atomic E-state index is 0.00388. The highest BCUT2D eigenvalue weighted by Crippen LogP contribution is 2.21. The summed E-state index contributed by atoms with van der Waals surface area (Å²) in [5.41, 5.74) is 0. The number of halogens is 3. The predicted octanol–water partition coefficient (Wildman–Crippen LogP) is 2.21. The highest BCUT2D eigenvalue weighted by atomic mass is 28.4. The van der Waals surface area contributed by atoms with Crippen LogP contribution >= 0.6 is 0 Å². The first-order valence-electron chi connectivity index (χ1n) is 4.14. The Kier molecular flexibility index (Phi) is 5.65. The van der Waals surface area contributed by atoms with Crippen molar-refractivity contribution in [3.8, 4) is 0 Å². The monoisotopic (exact) mass is 232 g/mol. The van der Waals surface area contributed by atoms with Crippen molar-refractivity contribution in [3.05, 3.63) is 0 Å². The van der Waals surface area contributed by atoms with Gasteiger partial charge in [0.2, 0.25) is 0 Å². The van der Waals surface area contributed by atoms with Crippen LogP contribution in [-0.2, 0) is 13.3 Å². The van der Waals surface area contributed by atoms with Crippen molar-refractivity contribution in [2.24, 2.45) is 0 Å². The predicted molar refractivity (Wildman–Crippen MR) is 46.9 cm³/mol. The minimum atomic E-state index is -4.12. The summed E-state index contributed by atoms with van der Waals surface area (Å²) >= 11 is 0. The molecule has 0 aliphatic rings. The van der Waals surface area contributed by atoms with E-state index in [1.54, 1.807) is 6.55 Å². The standard InChI is InChI=1S/C7H15F3O3Si/c1-11-14(3,12-2)13-6-4-5-7(8,9)10/h4-6H2,1-3H3. The zero-order valence-corrected chi connectivity index (χ0v) is 9.48. The first-order chi connectivity index (χ1) is 6.33. The molecule has 0 heterocycles. The van der Waals surface area contributed by atoms with Gasteiger partial charge in [0, 0.05) is 33.8 Å². The molecular formula is C7H15F3O3Si. The van der Waals surface area contributed by atoms with Crippen LogP contribution < -0.4 is 0 Å². The van der Waals surface area contributed by atoms with Gasteiger partial charge in [0.25, 0.3) is 0 Å². The average molecular weight is 232 g/mol. The normalized spacial score (nSPS) is 13.3. The fourth-order valence-corrected chi connectivity index (χ4v) is 1.65. The number of rotatable bonds is 6. The molecule has 0 aromatic rings. The quantitative estimate of drug-likeness (QED) is 0.519. The van der Waals surface area contributed by atoms with Crippen LogP contribution in [0.2, 0.25) is 6.55 Å². The lowest BCUT2D eigenvalue weighted by molar-refractivity contribution is -0.137. The van der Waals surface area contributed by atoms with Crippen LogP contribution in [0.1, 0.15) is 12.8 Å². The molecule has 0 N–H and O–H groups in total. The van der Waals surface area contributed by atoms with Crippen molar-refractivity contribution in [1.29, 1.82) is 0 Å². The van der Waals surface area contributed by atoms with E-state index in [-0.39, 0.29) is 13.0 Å². The van der Waals surface area contributed by atoms with E-state index < -0.39 is 21.4 Å². The summed E-state index contributed by atoms with van der Waals surface area (Å²) in [6.45, 7) is 1.63. The van der Waals surface area contributed by atoms with Crippen molar-refractivity contribution in [3.63, 3.8) is 0 Å². The summed E-state index contributed by atoms with van der Waals surface area (Å²) in [6.07, 6.45) is -5.04. The third-order valence-corrected chi connectivity index (χ3v) is 3.92. The Morgan fingerprint density at radius 2 is 1.64 bits per heavy atom. The number of alkyl halides is 3. The van der Waals surface area contributed by atoms with Crippen LogP contribution in [0.15, 0.2) is 0 Å². The van der Waals surface area contributed by atoms with Gasteiger partial charge < -0.3 is 13.3 Å². The van der Waals surface area contributed by atoms with Gasteiger partial charge in [-0.3, -0.25) is 0 Å². The molecule has 7 heteroatoms. The lowest BCUT2D eigenvalue weighted by atomic mass is 10.3. The Morgan fingerprint density at radius 1 is 1.14 bits per heavy atom. The van der Waals surface area contributed by atoms with E-state index in [0.717, 1.165) is 0 Å². The lowest BCUT2D eigenvalue weighted by Gasteiger charge is -2.22. The van der Waals surface area contributed by atoms with Crippen LogP contribution in [0, 0.1) is 0 Å². The molecule has 0 aromatic heterocycles. The van der Waals surface area contributed by atoms with Crippen molar-refractivity contribution in [2.75, 3.05) is 20.8 Å². The molecule has 0 amide bonds. The van der Waals surface area contributed by atoms with Gasteiger partial charge in [0.05, 0.1) is 0 Å². The second-order valence-electron chi connectivity index (χ2n) is 2.84. The second kappa shape index (κ2) is 5.69. The summed E-state index contributed by atoms with van der Waals surface area (Å²) in [5.74, 6) is 0. The van der Waals surface area contributed by atoms with E-state index in [2.05, 4.69) is 0 Å². The highest BCUT2D eigenvalue weighted by Gasteiger charge is 2.32. The molecule has 0 radical (unpaired) electrons. The van der Waals surface area contributed by atoms with Gasteiger partial charge >= 0.3 is 15.0 Å². The zero-order chi connectivity index (χ0) is 11.2. The van der Waals surface area contributed by atoms with Crippen LogP contribution in [0.4, 0.5) is 13.2 Å². The van der Waals surface area contributed by atoms with E-state index in [1.165, 1.54) is 14.2 Å². The molecule has 0 spiro atoms. The van der Waals surface area contributed by atoms with Crippen molar-refractivity contribution in [1.82, 2.24) is 0 Å². The molecule has 0 rings (SSSR count). The zero-order valence-electron chi connectivity index (χ0n) is 8.48. The Labute approximate surface area is 82.5 Å². The van der Waals surface area contributed by atoms with Crippen molar-refractivity contribution >= 4 is 8.80 Å². The van der Waals surface area contributed by atoms with E-state index in [4.69, 9.17) is 13.3 Å². The highest BCUT2D eigenvalue weighted by molar-refractivity contribution is 6.59. The number of hydrogen-bond acceptors (Lipinski definition) is 3. The van der Waals surface area contributed by atoms with Gasteiger partial charge in [0.1, 0.15) is 0 Å². The maximum atomic E-state index is 11.7. The fraction of sp³-hybridized carbons (Fsp3) is 1.00. The summed E-state index contributed by atoms with van der Waals surface area (Å²) in [6, 6.07) is 0. The first-order valence-corrected chi connectivity index (χ1v) is 6.36. The SMILES string of the molecule is CO[Si](C)(OC)OCCCC(F)(F)F. The minimum Gasteiger partial charge on any atom is -0.377 e. The molecule has 0 aromatic carbocycles. The Bertz CT molecular complexity index is 159. The first kappa shape index (κ1) is 13.9. The average Bonchev–Trinajstić information content (AvgIpc) is 2.11. The molecule has 0 aliphatic carbocycles. The molecule has 0 saturated carbocycles. The van der Waals surface area contributed by atoms with Gasteiger partial charge in [-0.25, -0.2) is 0 Å². The van der Waals surface area contributed by atoms with E-state index in [9.17, 15) is 13.2 Å². The topological polar surface area (TPSA) is 27.7 Å². The lowest BCUT2D eigenvalue weighted by Crippen LogP contribution is -2.40. The van der Waals surface area contributed by atoms with Crippen LogP contribution in [0.3, 0.4) is 0 Å². The maximum Gasteiger partial charge on any atom is 0.497 e. The van der Waals surface area contributed by atoms with Crippen molar-refractivity contribution < 1.29 is 26.4 Å². The molecular weight excluding hydrogens is 217 g/mol. The summed E-state index contributed by atoms with van der Waals surface area (Å²) < 4.78 is 50.2. The van der Waals surface area contributed by atoms with Gasteiger partial charge in [-0.2, -0.15) is 13.2 Å². The summed E-state index contributed by atoms with van der Waals surface area (Å²) in [5, 5.41) is 0. The van der Waals surface area contributed by atoms with Gasteiger partial charge in [-0.1, -0.05) is 0 Å². The van der Waals surface area contributed by atoms with E-state index in [1.807, 2.05) is 0 Å². The second-order valence-corrected chi connectivity index (χ2v) is 5.67. The van der Waals surface area contributed by atoms with E-state index in [0.29, 0.717) is 0 Å². The van der Waals surface area contributed by atoms with Gasteiger partial charge in [-0.15, -0.1) is 0 Å². The fourth-order valence-electron chi connectivity index (χ4n) is 0.731. The van der Waals surface area contributed by atoms with Crippen LogP contribution in [-0.4, -0.2) is 35.8 Å². The molecule has 0 fully saturated rings.